The Bertz CT molecular complexity index is 1020. The topological polar surface area (TPSA) is 70.9 Å². The van der Waals surface area contributed by atoms with E-state index >= 15 is 0 Å². The van der Waals surface area contributed by atoms with Gasteiger partial charge in [0.15, 0.2) is 5.76 Å². The molecule has 0 bridgehead atoms. The smallest absolute Gasteiger partial charge is 0.287 e. The monoisotopic (exact) mass is 351 g/mol. The zero-order valence-electron chi connectivity index (χ0n) is 13.1. The van der Waals surface area contributed by atoms with Crippen molar-refractivity contribution in [2.45, 2.75) is 6.54 Å². The summed E-state index contributed by atoms with van der Waals surface area (Å²) in [6.45, 7) is 0.417. The van der Waals surface area contributed by atoms with Crippen molar-refractivity contribution < 1.29 is 9.21 Å². The van der Waals surface area contributed by atoms with Crippen LogP contribution in [-0.4, -0.2) is 16.1 Å². The van der Waals surface area contributed by atoms with Crippen LogP contribution in [0.4, 0.5) is 0 Å². The molecular weight excluding hydrogens is 338 g/mol. The van der Waals surface area contributed by atoms with Gasteiger partial charge in [-0.15, -0.1) is 0 Å². The van der Waals surface area contributed by atoms with Gasteiger partial charge in [-0.3, -0.25) is 9.89 Å². The third-order valence-electron chi connectivity index (χ3n) is 3.92. The number of rotatable bonds is 4. The van der Waals surface area contributed by atoms with Crippen LogP contribution in [0.15, 0.2) is 65.2 Å². The van der Waals surface area contributed by atoms with Gasteiger partial charge in [0, 0.05) is 23.2 Å². The molecule has 4 rings (SSSR count). The summed E-state index contributed by atoms with van der Waals surface area (Å²) in [6.07, 6.45) is 1.71. The number of H-pyrrole nitrogens is 1. The number of aromatic amines is 1. The minimum atomic E-state index is -0.259. The molecule has 0 atom stereocenters. The molecule has 124 valence electrons. The highest BCUT2D eigenvalue weighted by Gasteiger charge is 2.12. The average Bonchev–Trinajstić information content (AvgIpc) is 3.29. The molecule has 0 radical (unpaired) electrons. The van der Waals surface area contributed by atoms with Crippen molar-refractivity contribution in [3.8, 4) is 11.3 Å². The van der Waals surface area contributed by atoms with Crippen molar-refractivity contribution in [2.75, 3.05) is 0 Å². The molecule has 5 nitrogen and oxygen atoms in total. The lowest BCUT2D eigenvalue weighted by Gasteiger charge is -2.04. The van der Waals surface area contributed by atoms with E-state index in [1.165, 1.54) is 0 Å². The molecule has 6 heteroatoms. The van der Waals surface area contributed by atoms with E-state index in [4.69, 9.17) is 16.0 Å². The number of nitrogens with one attached hydrogen (secondary N) is 2. The normalized spacial score (nSPS) is 10.9. The van der Waals surface area contributed by atoms with Gasteiger partial charge in [0.1, 0.15) is 5.58 Å². The van der Waals surface area contributed by atoms with Gasteiger partial charge in [-0.05, 0) is 41.5 Å². The van der Waals surface area contributed by atoms with Gasteiger partial charge in [-0.1, -0.05) is 35.9 Å². The Balaban J connectivity index is 1.44. The Labute approximate surface area is 148 Å². The van der Waals surface area contributed by atoms with Crippen LogP contribution in [0, 0.1) is 0 Å². The summed E-state index contributed by atoms with van der Waals surface area (Å²) in [5, 5.41) is 11.1. The summed E-state index contributed by atoms with van der Waals surface area (Å²) in [5.74, 6) is 0.0105. The van der Waals surface area contributed by atoms with Gasteiger partial charge in [-0.2, -0.15) is 5.10 Å². The zero-order chi connectivity index (χ0) is 17.2. The summed E-state index contributed by atoms with van der Waals surface area (Å²) >= 11 is 5.95. The first-order valence-corrected chi connectivity index (χ1v) is 8.13. The molecule has 4 aromatic rings. The number of hydrogen-bond donors (Lipinski definition) is 2. The third kappa shape index (κ3) is 3.27. The molecule has 2 aromatic heterocycles. The number of carbonyl (C=O) groups is 1. The van der Waals surface area contributed by atoms with Crippen molar-refractivity contribution in [1.82, 2.24) is 15.5 Å². The predicted molar refractivity (Wildman–Crippen MR) is 96.4 cm³/mol. The fraction of sp³-hybridized carbons (Fsp3) is 0.0526. The van der Waals surface area contributed by atoms with E-state index in [2.05, 4.69) is 15.5 Å². The van der Waals surface area contributed by atoms with E-state index in [0.717, 1.165) is 22.2 Å². The van der Waals surface area contributed by atoms with E-state index in [9.17, 15) is 4.79 Å². The van der Waals surface area contributed by atoms with Crippen molar-refractivity contribution >= 4 is 28.5 Å². The number of aromatic nitrogens is 2. The highest BCUT2D eigenvalue weighted by Crippen LogP contribution is 2.23. The van der Waals surface area contributed by atoms with Crippen LogP contribution in [0.2, 0.25) is 5.02 Å². The zero-order valence-corrected chi connectivity index (χ0v) is 13.9. The number of carbonyl (C=O) groups excluding carboxylic acids is 1. The molecule has 2 aromatic carbocycles. The third-order valence-corrected chi connectivity index (χ3v) is 4.16. The van der Waals surface area contributed by atoms with Crippen LogP contribution in [0.5, 0.6) is 0 Å². The molecule has 25 heavy (non-hydrogen) atoms. The molecule has 0 spiro atoms. The van der Waals surface area contributed by atoms with Crippen molar-refractivity contribution in [3.05, 3.63) is 77.1 Å². The van der Waals surface area contributed by atoms with Gasteiger partial charge in [0.2, 0.25) is 0 Å². The first-order chi connectivity index (χ1) is 12.2. The van der Waals surface area contributed by atoms with E-state index in [1.807, 2.05) is 30.3 Å². The molecule has 0 aliphatic rings. The maximum absolute atomic E-state index is 12.3. The van der Waals surface area contributed by atoms with Gasteiger partial charge >= 0.3 is 0 Å². The van der Waals surface area contributed by atoms with Crippen molar-refractivity contribution in [3.63, 3.8) is 0 Å². The maximum atomic E-state index is 12.3. The molecule has 1 amide bonds. The first-order valence-electron chi connectivity index (χ1n) is 7.75. The SMILES string of the molecule is O=C(NCc1ccc(-c2ccn[nH]2)cc1)c1cc2cc(Cl)ccc2o1. The van der Waals surface area contributed by atoms with Crippen LogP contribution in [0.25, 0.3) is 22.2 Å². The van der Waals surface area contributed by atoms with Crippen molar-refractivity contribution in [2.24, 2.45) is 0 Å². The van der Waals surface area contributed by atoms with E-state index < -0.39 is 0 Å². The molecule has 2 N–H and O–H groups in total. The highest BCUT2D eigenvalue weighted by atomic mass is 35.5. The fourth-order valence-corrected chi connectivity index (χ4v) is 2.79. The van der Waals surface area contributed by atoms with Crippen LogP contribution < -0.4 is 5.32 Å². The van der Waals surface area contributed by atoms with Crippen LogP contribution in [0.1, 0.15) is 16.1 Å². The maximum Gasteiger partial charge on any atom is 0.287 e. The van der Waals surface area contributed by atoms with E-state index in [-0.39, 0.29) is 11.7 Å². The lowest BCUT2D eigenvalue weighted by Crippen LogP contribution is -2.22. The van der Waals surface area contributed by atoms with Gasteiger partial charge in [0.25, 0.3) is 5.91 Å². The summed E-state index contributed by atoms with van der Waals surface area (Å²) in [4.78, 5) is 12.3. The summed E-state index contributed by atoms with van der Waals surface area (Å²) in [5.41, 5.74) is 3.63. The molecule has 0 saturated carbocycles. The minimum Gasteiger partial charge on any atom is -0.451 e. The molecular formula is C19H14ClN3O2. The number of amides is 1. The van der Waals surface area contributed by atoms with Gasteiger partial charge in [-0.25, -0.2) is 0 Å². The van der Waals surface area contributed by atoms with Crippen molar-refractivity contribution in [1.29, 1.82) is 0 Å². The first kappa shape index (κ1) is 15.5. The van der Waals surface area contributed by atoms with Gasteiger partial charge in [0.05, 0.1) is 5.69 Å². The standard InChI is InChI=1S/C19H14ClN3O2/c20-15-5-6-17-14(9-15)10-18(25-17)19(24)21-11-12-1-3-13(4-2-12)16-7-8-22-23-16/h1-10H,11H2,(H,21,24)(H,22,23). The summed E-state index contributed by atoms with van der Waals surface area (Å²) < 4.78 is 5.56. The number of nitrogens with zero attached hydrogens (tertiary/aromatic N) is 1. The Morgan fingerprint density at radius 2 is 1.96 bits per heavy atom. The Hall–Kier alpha value is -3.05. The lowest BCUT2D eigenvalue weighted by atomic mass is 10.1. The minimum absolute atomic E-state index is 0.259. The average molecular weight is 352 g/mol. The number of halogens is 1. The quantitative estimate of drug-likeness (QED) is 0.572. The van der Waals surface area contributed by atoms with Crippen LogP contribution in [-0.2, 0) is 6.54 Å². The molecule has 0 saturated heterocycles. The van der Waals surface area contributed by atoms with Crippen LogP contribution in [0.3, 0.4) is 0 Å². The number of benzene rings is 2. The van der Waals surface area contributed by atoms with Gasteiger partial charge < -0.3 is 9.73 Å². The highest BCUT2D eigenvalue weighted by molar-refractivity contribution is 6.31. The largest absolute Gasteiger partial charge is 0.451 e. The second-order valence-electron chi connectivity index (χ2n) is 5.64. The van der Waals surface area contributed by atoms with Crippen LogP contribution >= 0.6 is 11.6 Å². The Morgan fingerprint density at radius 1 is 1.12 bits per heavy atom. The number of hydrogen-bond acceptors (Lipinski definition) is 3. The Morgan fingerprint density at radius 3 is 2.72 bits per heavy atom. The molecule has 0 unspecified atom stereocenters. The molecule has 2 heterocycles. The Kier molecular flexibility index (Phi) is 3.99. The molecule has 0 fully saturated rings. The van der Waals surface area contributed by atoms with E-state index in [0.29, 0.717) is 17.2 Å². The fourth-order valence-electron chi connectivity index (χ4n) is 2.61. The second-order valence-corrected chi connectivity index (χ2v) is 6.08. The number of fused-ring (bicyclic) bond motifs is 1. The lowest BCUT2D eigenvalue weighted by molar-refractivity contribution is 0.0925. The molecule has 0 aliphatic heterocycles. The second kappa shape index (κ2) is 6.45. The summed E-state index contributed by atoms with van der Waals surface area (Å²) in [6, 6.07) is 16.8. The van der Waals surface area contributed by atoms with E-state index in [1.54, 1.807) is 30.5 Å². The molecule has 0 aliphatic carbocycles. The summed E-state index contributed by atoms with van der Waals surface area (Å²) in [7, 11) is 0. The number of furan rings is 1. The predicted octanol–water partition coefficient (Wildman–Crippen LogP) is 4.41.